The molecule has 3 atom stereocenters. The predicted molar refractivity (Wildman–Crippen MR) is 99.3 cm³/mol. The van der Waals surface area contributed by atoms with Crippen molar-refractivity contribution in [2.24, 2.45) is 0 Å². The van der Waals surface area contributed by atoms with Gasteiger partial charge in [0.05, 0.1) is 12.7 Å². The van der Waals surface area contributed by atoms with Crippen molar-refractivity contribution < 1.29 is 9.53 Å². The average Bonchev–Trinajstić information content (AvgIpc) is 3.28. The number of fused-ring (bicyclic) bond motifs is 1. The van der Waals surface area contributed by atoms with Crippen molar-refractivity contribution in [3.05, 3.63) is 52.8 Å². The Morgan fingerprint density at radius 1 is 1.31 bits per heavy atom. The van der Waals surface area contributed by atoms with Gasteiger partial charge in [0, 0.05) is 42.9 Å². The van der Waals surface area contributed by atoms with Crippen molar-refractivity contribution in [3.8, 4) is 0 Å². The molecule has 0 spiro atoms. The monoisotopic (exact) mass is 374 g/mol. The lowest BCUT2D eigenvalue weighted by Gasteiger charge is -2.35. The summed E-state index contributed by atoms with van der Waals surface area (Å²) in [6.45, 7) is 5.13. The maximum atomic E-state index is 12.4. The molecule has 3 heterocycles. The highest BCUT2D eigenvalue weighted by molar-refractivity contribution is 6.30. The molecule has 0 bridgehead atoms. The lowest BCUT2D eigenvalue weighted by molar-refractivity contribution is -0.0502. The molecule has 2 aliphatic rings. The molecule has 6 nitrogen and oxygen atoms in total. The molecule has 4 rings (SSSR count). The van der Waals surface area contributed by atoms with Crippen molar-refractivity contribution in [2.75, 3.05) is 19.7 Å². The fourth-order valence-electron chi connectivity index (χ4n) is 3.78. The minimum atomic E-state index is -0.0998. The van der Waals surface area contributed by atoms with Gasteiger partial charge < -0.3 is 10.1 Å². The van der Waals surface area contributed by atoms with E-state index in [1.54, 1.807) is 10.7 Å². The van der Waals surface area contributed by atoms with Gasteiger partial charge in [-0.1, -0.05) is 23.7 Å². The second kappa shape index (κ2) is 7.39. The average molecular weight is 375 g/mol. The molecule has 0 aliphatic carbocycles. The first-order chi connectivity index (χ1) is 12.6. The largest absolute Gasteiger partial charge is 0.371 e. The number of nitrogens with zero attached hydrogens (tertiary/aromatic N) is 3. The van der Waals surface area contributed by atoms with Crippen molar-refractivity contribution in [1.29, 1.82) is 0 Å². The van der Waals surface area contributed by atoms with E-state index >= 15 is 0 Å². The number of aryl methyl sites for hydroxylation is 1. The van der Waals surface area contributed by atoms with Gasteiger partial charge in [-0.05, 0) is 37.1 Å². The molecule has 26 heavy (non-hydrogen) atoms. The fourth-order valence-corrected chi connectivity index (χ4v) is 3.90. The lowest BCUT2D eigenvalue weighted by Crippen LogP contribution is -2.43. The smallest absolute Gasteiger partial charge is 0.272 e. The molecule has 1 N–H and O–H groups in total. The highest BCUT2D eigenvalue weighted by Crippen LogP contribution is 2.30. The number of halogens is 1. The number of amides is 1. The van der Waals surface area contributed by atoms with Gasteiger partial charge in [0.15, 0.2) is 0 Å². The predicted octanol–water partition coefficient (Wildman–Crippen LogP) is 2.50. The van der Waals surface area contributed by atoms with E-state index in [4.69, 9.17) is 16.3 Å². The topological polar surface area (TPSA) is 59.4 Å². The SMILES string of the molecule is CCn1ccc(C(=O)N[C@@H]2C[C@H]3CO[C@@H](c4ccc(Cl)cc4)CN3C2)n1. The van der Waals surface area contributed by atoms with Crippen LogP contribution < -0.4 is 5.32 Å². The number of hydrogen-bond donors (Lipinski definition) is 1. The minimum Gasteiger partial charge on any atom is -0.371 e. The van der Waals surface area contributed by atoms with Crippen molar-refractivity contribution in [1.82, 2.24) is 20.0 Å². The van der Waals surface area contributed by atoms with Gasteiger partial charge in [0.1, 0.15) is 5.69 Å². The van der Waals surface area contributed by atoms with Gasteiger partial charge in [0.25, 0.3) is 5.91 Å². The molecule has 1 amide bonds. The number of carbonyl (C=O) groups is 1. The van der Waals surface area contributed by atoms with Crippen LogP contribution in [0.25, 0.3) is 0 Å². The van der Waals surface area contributed by atoms with Crippen LogP contribution in [0.2, 0.25) is 5.02 Å². The summed E-state index contributed by atoms with van der Waals surface area (Å²) in [5.41, 5.74) is 1.62. The molecule has 0 radical (unpaired) electrons. The quantitative estimate of drug-likeness (QED) is 0.893. The molecular weight excluding hydrogens is 352 g/mol. The molecule has 1 aromatic heterocycles. The zero-order chi connectivity index (χ0) is 18.1. The van der Waals surface area contributed by atoms with Crippen LogP contribution in [0.5, 0.6) is 0 Å². The maximum Gasteiger partial charge on any atom is 0.272 e. The van der Waals surface area contributed by atoms with E-state index < -0.39 is 0 Å². The van der Waals surface area contributed by atoms with E-state index in [1.165, 1.54) is 0 Å². The number of rotatable bonds is 4. The zero-order valence-corrected chi connectivity index (χ0v) is 15.5. The Morgan fingerprint density at radius 2 is 2.12 bits per heavy atom. The Bertz CT molecular complexity index is 776. The zero-order valence-electron chi connectivity index (χ0n) is 14.8. The Morgan fingerprint density at radius 3 is 2.85 bits per heavy atom. The molecule has 2 fully saturated rings. The third-order valence-corrected chi connectivity index (χ3v) is 5.44. The van der Waals surface area contributed by atoms with Crippen molar-refractivity contribution in [3.63, 3.8) is 0 Å². The van der Waals surface area contributed by atoms with Gasteiger partial charge in [-0.3, -0.25) is 14.4 Å². The first-order valence-electron chi connectivity index (χ1n) is 9.08. The molecule has 0 saturated carbocycles. The summed E-state index contributed by atoms with van der Waals surface area (Å²) in [6, 6.07) is 10.1. The number of benzene rings is 1. The molecule has 2 aromatic rings. The van der Waals surface area contributed by atoms with E-state index in [0.29, 0.717) is 18.3 Å². The summed E-state index contributed by atoms with van der Waals surface area (Å²) in [4.78, 5) is 14.8. The van der Waals surface area contributed by atoms with E-state index in [-0.39, 0.29) is 18.1 Å². The maximum absolute atomic E-state index is 12.4. The summed E-state index contributed by atoms with van der Waals surface area (Å²) in [5, 5.41) is 8.13. The van der Waals surface area contributed by atoms with Crippen LogP contribution in [0.4, 0.5) is 0 Å². The number of ether oxygens (including phenoxy) is 1. The highest BCUT2D eigenvalue weighted by atomic mass is 35.5. The third kappa shape index (κ3) is 3.63. The summed E-state index contributed by atoms with van der Waals surface area (Å²) in [7, 11) is 0. The second-order valence-corrected chi connectivity index (χ2v) is 7.38. The molecule has 138 valence electrons. The minimum absolute atomic E-state index is 0.0539. The molecule has 2 aliphatic heterocycles. The third-order valence-electron chi connectivity index (χ3n) is 5.19. The summed E-state index contributed by atoms with van der Waals surface area (Å²) >= 11 is 5.97. The normalized spacial score (nSPS) is 25.8. The van der Waals surface area contributed by atoms with Crippen LogP contribution >= 0.6 is 11.6 Å². The van der Waals surface area contributed by atoms with Gasteiger partial charge >= 0.3 is 0 Å². The number of morpholine rings is 1. The van der Waals surface area contributed by atoms with Crippen LogP contribution in [-0.4, -0.2) is 52.4 Å². The lowest BCUT2D eigenvalue weighted by atomic mass is 10.1. The van der Waals surface area contributed by atoms with Crippen LogP contribution in [-0.2, 0) is 11.3 Å². The molecular formula is C19H23ClN4O2. The second-order valence-electron chi connectivity index (χ2n) is 6.94. The first kappa shape index (κ1) is 17.5. The van der Waals surface area contributed by atoms with Gasteiger partial charge in [-0.2, -0.15) is 5.10 Å². The Hall–Kier alpha value is -1.89. The Kier molecular flexibility index (Phi) is 4.98. The summed E-state index contributed by atoms with van der Waals surface area (Å²) < 4.78 is 7.82. The van der Waals surface area contributed by atoms with E-state index in [1.807, 2.05) is 37.4 Å². The Labute approximate surface area is 158 Å². The van der Waals surface area contributed by atoms with Crippen LogP contribution in [0, 0.1) is 0 Å². The molecule has 0 unspecified atom stereocenters. The van der Waals surface area contributed by atoms with Crippen molar-refractivity contribution in [2.45, 2.75) is 38.1 Å². The van der Waals surface area contributed by atoms with Crippen LogP contribution in [0.15, 0.2) is 36.5 Å². The molecule has 1 aromatic carbocycles. The number of nitrogens with one attached hydrogen (secondary N) is 1. The van der Waals surface area contributed by atoms with Gasteiger partial charge in [-0.25, -0.2) is 0 Å². The summed E-state index contributed by atoms with van der Waals surface area (Å²) in [6.07, 6.45) is 2.79. The van der Waals surface area contributed by atoms with Crippen LogP contribution in [0.1, 0.15) is 35.5 Å². The van der Waals surface area contributed by atoms with Gasteiger partial charge in [-0.15, -0.1) is 0 Å². The number of carbonyl (C=O) groups excluding carboxylic acids is 1. The highest BCUT2D eigenvalue weighted by Gasteiger charge is 2.38. The van der Waals surface area contributed by atoms with E-state index in [2.05, 4.69) is 15.3 Å². The number of aromatic nitrogens is 2. The standard InChI is InChI=1S/C19H23ClN4O2/c1-2-24-8-7-17(22-24)19(25)21-15-9-16-12-26-18(11-23(16)10-15)13-3-5-14(20)6-4-13/h3-8,15-16,18H,2,9-12H2,1H3,(H,21,25)/t15-,16+,18-/m1/s1. The van der Waals surface area contributed by atoms with Crippen molar-refractivity contribution >= 4 is 17.5 Å². The molecule has 2 saturated heterocycles. The number of hydrogen-bond acceptors (Lipinski definition) is 4. The Balaban J connectivity index is 1.35. The molecule has 7 heteroatoms. The first-order valence-corrected chi connectivity index (χ1v) is 9.45. The van der Waals surface area contributed by atoms with Crippen LogP contribution in [0.3, 0.4) is 0 Å². The van der Waals surface area contributed by atoms with E-state index in [0.717, 1.165) is 36.6 Å². The summed E-state index contributed by atoms with van der Waals surface area (Å²) in [5.74, 6) is -0.0998. The van der Waals surface area contributed by atoms with Gasteiger partial charge in [0.2, 0.25) is 0 Å². The fraction of sp³-hybridized carbons (Fsp3) is 0.474. The van der Waals surface area contributed by atoms with E-state index in [9.17, 15) is 4.79 Å².